The van der Waals surface area contributed by atoms with E-state index in [1.54, 1.807) is 53.3 Å². The first-order chi connectivity index (χ1) is 16.0. The SMILES string of the molecule is CC(=O)NC[C@H]1CN(c2ccc(-c3ccc(-c4nnc5ncccn45)nc3)c(F)c2)C(=O)O1. The first kappa shape index (κ1) is 20.5. The van der Waals surface area contributed by atoms with Crippen LogP contribution in [0.5, 0.6) is 0 Å². The molecule has 4 heterocycles. The van der Waals surface area contributed by atoms with E-state index < -0.39 is 18.0 Å². The van der Waals surface area contributed by atoms with Crippen LogP contribution in [0.3, 0.4) is 0 Å². The zero-order chi connectivity index (χ0) is 22.9. The number of amides is 2. The fraction of sp³-hybridized carbons (Fsp3) is 0.182. The van der Waals surface area contributed by atoms with E-state index in [-0.39, 0.29) is 19.0 Å². The van der Waals surface area contributed by atoms with Gasteiger partial charge in [-0.2, -0.15) is 0 Å². The second-order valence-electron chi connectivity index (χ2n) is 7.46. The zero-order valence-electron chi connectivity index (χ0n) is 17.5. The molecule has 3 aromatic heterocycles. The van der Waals surface area contributed by atoms with E-state index in [4.69, 9.17) is 4.74 Å². The molecular formula is C22H18FN7O3. The molecule has 33 heavy (non-hydrogen) atoms. The average molecular weight is 447 g/mol. The number of carbonyl (C=O) groups excluding carboxylic acids is 2. The van der Waals surface area contributed by atoms with Crippen molar-refractivity contribution in [3.63, 3.8) is 0 Å². The van der Waals surface area contributed by atoms with Crippen molar-refractivity contribution in [2.75, 3.05) is 18.0 Å². The van der Waals surface area contributed by atoms with Crippen molar-refractivity contribution in [3.05, 3.63) is 60.8 Å². The maximum Gasteiger partial charge on any atom is 0.414 e. The van der Waals surface area contributed by atoms with E-state index in [0.29, 0.717) is 34.1 Å². The fourth-order valence-corrected chi connectivity index (χ4v) is 3.61. The van der Waals surface area contributed by atoms with E-state index in [2.05, 4.69) is 25.5 Å². The Morgan fingerprint density at radius 2 is 2.12 bits per heavy atom. The Labute approximate surface area is 187 Å². The van der Waals surface area contributed by atoms with Gasteiger partial charge in [-0.25, -0.2) is 14.2 Å². The van der Waals surface area contributed by atoms with Gasteiger partial charge in [-0.1, -0.05) is 6.07 Å². The summed E-state index contributed by atoms with van der Waals surface area (Å²) in [6.45, 7) is 1.80. The summed E-state index contributed by atoms with van der Waals surface area (Å²) in [5.41, 5.74) is 1.86. The Kier molecular flexibility index (Phi) is 5.13. The molecule has 0 spiro atoms. The number of nitrogens with zero attached hydrogens (tertiary/aromatic N) is 6. The van der Waals surface area contributed by atoms with Crippen LogP contribution in [0.4, 0.5) is 14.9 Å². The van der Waals surface area contributed by atoms with Gasteiger partial charge in [-0.3, -0.25) is 19.1 Å². The van der Waals surface area contributed by atoms with Crippen LogP contribution in [0.2, 0.25) is 0 Å². The van der Waals surface area contributed by atoms with Gasteiger partial charge in [-0.05, 0) is 30.3 Å². The molecule has 1 saturated heterocycles. The van der Waals surface area contributed by atoms with Crippen LogP contribution >= 0.6 is 0 Å². The number of anilines is 1. The minimum absolute atomic E-state index is 0.202. The molecule has 0 unspecified atom stereocenters. The molecule has 1 aliphatic heterocycles. The standard InChI is InChI=1S/C22H18FN7O3/c1-13(31)25-11-16-12-30(22(32)33-16)15-4-5-17(18(23)9-15)14-3-6-19(26-10-14)20-27-28-21-24-7-2-8-29(20)21/h2-10,16H,11-12H2,1H3,(H,25,31)/t16-/m0/s1. The van der Waals surface area contributed by atoms with E-state index in [9.17, 15) is 14.0 Å². The third kappa shape index (κ3) is 3.95. The fourth-order valence-electron chi connectivity index (χ4n) is 3.61. The van der Waals surface area contributed by atoms with Crippen molar-refractivity contribution in [3.8, 4) is 22.6 Å². The minimum atomic E-state index is -0.585. The van der Waals surface area contributed by atoms with Crippen LogP contribution in [-0.4, -0.2) is 55.8 Å². The van der Waals surface area contributed by atoms with Crippen LogP contribution in [0.15, 0.2) is 55.0 Å². The van der Waals surface area contributed by atoms with E-state index in [1.165, 1.54) is 17.9 Å². The molecule has 0 bridgehead atoms. The maximum atomic E-state index is 15.0. The Morgan fingerprint density at radius 1 is 1.24 bits per heavy atom. The number of nitrogens with one attached hydrogen (secondary N) is 1. The highest BCUT2D eigenvalue weighted by molar-refractivity contribution is 5.90. The van der Waals surface area contributed by atoms with E-state index in [0.717, 1.165) is 0 Å². The maximum absolute atomic E-state index is 15.0. The number of rotatable bonds is 5. The summed E-state index contributed by atoms with van der Waals surface area (Å²) in [6.07, 6.45) is 3.89. The topological polar surface area (TPSA) is 115 Å². The lowest BCUT2D eigenvalue weighted by Crippen LogP contribution is -2.33. The van der Waals surface area contributed by atoms with Crippen LogP contribution in [0, 0.1) is 5.82 Å². The smallest absolute Gasteiger partial charge is 0.414 e. The lowest BCUT2D eigenvalue weighted by atomic mass is 10.1. The summed E-state index contributed by atoms with van der Waals surface area (Å²) in [6, 6.07) is 9.76. The predicted molar refractivity (Wildman–Crippen MR) is 116 cm³/mol. The van der Waals surface area contributed by atoms with Crippen molar-refractivity contribution in [1.82, 2.24) is 29.9 Å². The van der Waals surface area contributed by atoms with Crippen LogP contribution < -0.4 is 10.2 Å². The average Bonchev–Trinajstić information content (AvgIpc) is 3.41. The van der Waals surface area contributed by atoms with Gasteiger partial charge in [0.25, 0.3) is 5.78 Å². The number of aromatic nitrogens is 5. The molecule has 0 saturated carbocycles. The second kappa shape index (κ2) is 8.26. The molecular weight excluding hydrogens is 429 g/mol. The molecule has 2 amide bonds. The highest BCUT2D eigenvalue weighted by Gasteiger charge is 2.32. The monoisotopic (exact) mass is 447 g/mol. The van der Waals surface area contributed by atoms with Crippen LogP contribution in [0.1, 0.15) is 6.92 Å². The Hall–Kier alpha value is -4.41. The number of hydrogen-bond acceptors (Lipinski definition) is 7. The lowest BCUT2D eigenvalue weighted by Gasteiger charge is -2.14. The molecule has 1 fully saturated rings. The Bertz CT molecular complexity index is 1360. The largest absolute Gasteiger partial charge is 0.442 e. The summed E-state index contributed by atoms with van der Waals surface area (Å²) < 4.78 is 21.9. The van der Waals surface area contributed by atoms with Gasteiger partial charge in [0, 0.05) is 36.6 Å². The number of halogens is 1. The first-order valence-electron chi connectivity index (χ1n) is 10.1. The quantitative estimate of drug-likeness (QED) is 0.500. The number of hydrogen-bond donors (Lipinski definition) is 1. The summed E-state index contributed by atoms with van der Waals surface area (Å²) >= 11 is 0. The molecule has 1 N–H and O–H groups in total. The summed E-state index contributed by atoms with van der Waals surface area (Å²) in [7, 11) is 0. The highest BCUT2D eigenvalue weighted by atomic mass is 19.1. The van der Waals surface area contributed by atoms with Gasteiger partial charge in [0.05, 0.1) is 18.8 Å². The number of benzene rings is 1. The van der Waals surface area contributed by atoms with Crippen LogP contribution in [0.25, 0.3) is 28.4 Å². The minimum Gasteiger partial charge on any atom is -0.442 e. The normalized spacial score (nSPS) is 15.6. The van der Waals surface area contributed by atoms with Gasteiger partial charge in [0.15, 0.2) is 5.82 Å². The zero-order valence-corrected chi connectivity index (χ0v) is 17.5. The highest BCUT2D eigenvalue weighted by Crippen LogP contribution is 2.29. The van der Waals surface area contributed by atoms with Gasteiger partial charge in [0.1, 0.15) is 17.6 Å². The lowest BCUT2D eigenvalue weighted by molar-refractivity contribution is -0.119. The number of carbonyl (C=O) groups is 2. The third-order valence-corrected chi connectivity index (χ3v) is 5.21. The van der Waals surface area contributed by atoms with Crippen molar-refractivity contribution in [1.29, 1.82) is 0 Å². The van der Waals surface area contributed by atoms with Gasteiger partial charge in [-0.15, -0.1) is 10.2 Å². The molecule has 4 aromatic rings. The molecule has 166 valence electrons. The van der Waals surface area contributed by atoms with Crippen molar-refractivity contribution < 1.29 is 18.7 Å². The van der Waals surface area contributed by atoms with Crippen molar-refractivity contribution >= 4 is 23.5 Å². The molecule has 10 nitrogen and oxygen atoms in total. The van der Waals surface area contributed by atoms with Crippen molar-refractivity contribution in [2.24, 2.45) is 0 Å². The number of pyridine rings is 1. The van der Waals surface area contributed by atoms with E-state index >= 15 is 0 Å². The number of fused-ring (bicyclic) bond motifs is 1. The van der Waals surface area contributed by atoms with Gasteiger partial charge < -0.3 is 10.1 Å². The van der Waals surface area contributed by atoms with Gasteiger partial charge in [0.2, 0.25) is 5.91 Å². The first-order valence-corrected chi connectivity index (χ1v) is 10.1. The summed E-state index contributed by atoms with van der Waals surface area (Å²) in [4.78, 5) is 33.1. The Balaban J connectivity index is 1.35. The molecule has 0 radical (unpaired) electrons. The molecule has 11 heteroatoms. The molecule has 1 aromatic carbocycles. The molecule has 1 aliphatic rings. The second-order valence-corrected chi connectivity index (χ2v) is 7.46. The van der Waals surface area contributed by atoms with Gasteiger partial charge >= 0.3 is 6.09 Å². The number of ether oxygens (including phenoxy) is 1. The molecule has 5 rings (SSSR count). The summed E-state index contributed by atoms with van der Waals surface area (Å²) in [5.74, 6) is 0.271. The molecule has 1 atom stereocenters. The Morgan fingerprint density at radius 3 is 2.88 bits per heavy atom. The number of cyclic esters (lactones) is 1. The third-order valence-electron chi connectivity index (χ3n) is 5.21. The van der Waals surface area contributed by atoms with E-state index in [1.807, 2.05) is 0 Å². The summed E-state index contributed by atoms with van der Waals surface area (Å²) in [5, 5.41) is 10.7. The molecule has 0 aliphatic carbocycles. The van der Waals surface area contributed by atoms with Crippen LogP contribution in [-0.2, 0) is 9.53 Å². The predicted octanol–water partition coefficient (Wildman–Crippen LogP) is 2.45. The van der Waals surface area contributed by atoms with Crippen molar-refractivity contribution in [2.45, 2.75) is 13.0 Å².